The molecular weight excluding hydrogens is 246 g/mol. The summed E-state index contributed by atoms with van der Waals surface area (Å²) in [7, 11) is 3.44. The monoisotopic (exact) mass is 267 g/mol. The molecule has 4 heteroatoms. The number of hydrogen-bond acceptors (Lipinski definition) is 4. The highest BCUT2D eigenvalue weighted by molar-refractivity contribution is 7.98. The van der Waals surface area contributed by atoms with E-state index in [0.717, 1.165) is 35.7 Å². The molecule has 1 aromatic rings. The van der Waals surface area contributed by atoms with E-state index >= 15 is 0 Å². The minimum Gasteiger partial charge on any atom is -0.496 e. The lowest BCUT2D eigenvalue weighted by Gasteiger charge is -2.33. The van der Waals surface area contributed by atoms with Gasteiger partial charge in [0.1, 0.15) is 11.5 Å². The fourth-order valence-electron chi connectivity index (χ4n) is 2.52. The topological polar surface area (TPSA) is 44.5 Å². The van der Waals surface area contributed by atoms with Crippen molar-refractivity contribution in [1.29, 1.82) is 0 Å². The van der Waals surface area contributed by atoms with Crippen LogP contribution in [0.1, 0.15) is 18.4 Å². The molecule has 0 amide bonds. The lowest BCUT2D eigenvalue weighted by Crippen LogP contribution is -2.37. The maximum absolute atomic E-state index is 5.84. The van der Waals surface area contributed by atoms with Crippen molar-refractivity contribution in [1.82, 2.24) is 0 Å². The molecule has 1 fully saturated rings. The fraction of sp³-hybridized carbons (Fsp3) is 0.571. The Morgan fingerprint density at radius 3 is 2.39 bits per heavy atom. The SMILES string of the molecule is COc1cc(SC)c(OC)cc1CC1CC(N)C1. The van der Waals surface area contributed by atoms with Crippen LogP contribution < -0.4 is 15.2 Å². The van der Waals surface area contributed by atoms with Gasteiger partial charge in [0, 0.05) is 6.04 Å². The third kappa shape index (κ3) is 2.75. The van der Waals surface area contributed by atoms with Crippen LogP contribution in [0.2, 0.25) is 0 Å². The van der Waals surface area contributed by atoms with Crippen molar-refractivity contribution in [3.05, 3.63) is 17.7 Å². The highest BCUT2D eigenvalue weighted by Gasteiger charge is 2.27. The largest absolute Gasteiger partial charge is 0.496 e. The molecule has 18 heavy (non-hydrogen) atoms. The van der Waals surface area contributed by atoms with Gasteiger partial charge in [0.25, 0.3) is 0 Å². The van der Waals surface area contributed by atoms with Gasteiger partial charge in [-0.25, -0.2) is 0 Å². The molecule has 2 rings (SSSR count). The Bertz CT molecular complexity index is 417. The molecule has 0 atom stereocenters. The molecule has 0 unspecified atom stereocenters. The first-order chi connectivity index (χ1) is 8.67. The van der Waals surface area contributed by atoms with Gasteiger partial charge in [-0.05, 0) is 49.1 Å². The van der Waals surface area contributed by atoms with E-state index in [-0.39, 0.29) is 0 Å². The Morgan fingerprint density at radius 2 is 1.89 bits per heavy atom. The van der Waals surface area contributed by atoms with Crippen molar-refractivity contribution in [2.24, 2.45) is 11.7 Å². The van der Waals surface area contributed by atoms with Gasteiger partial charge in [0.2, 0.25) is 0 Å². The summed E-state index contributed by atoms with van der Waals surface area (Å²) in [5.74, 6) is 2.58. The predicted octanol–water partition coefficient (Wildman–Crippen LogP) is 2.71. The molecule has 1 saturated carbocycles. The average molecular weight is 267 g/mol. The molecule has 0 aromatic heterocycles. The van der Waals surface area contributed by atoms with Crippen LogP contribution in [-0.4, -0.2) is 26.5 Å². The van der Waals surface area contributed by atoms with Crippen LogP contribution in [0.25, 0.3) is 0 Å². The van der Waals surface area contributed by atoms with Crippen LogP contribution in [0.5, 0.6) is 11.5 Å². The minimum absolute atomic E-state index is 0.397. The lowest BCUT2D eigenvalue weighted by atomic mass is 9.77. The zero-order chi connectivity index (χ0) is 13.1. The van der Waals surface area contributed by atoms with E-state index in [4.69, 9.17) is 15.2 Å². The quantitative estimate of drug-likeness (QED) is 0.833. The highest BCUT2D eigenvalue weighted by atomic mass is 32.2. The van der Waals surface area contributed by atoms with Crippen LogP contribution in [0, 0.1) is 5.92 Å². The number of methoxy groups -OCH3 is 2. The summed E-state index contributed by atoms with van der Waals surface area (Å²) in [5, 5.41) is 0. The van der Waals surface area contributed by atoms with E-state index in [1.807, 2.05) is 6.26 Å². The molecule has 100 valence electrons. The lowest BCUT2D eigenvalue weighted by molar-refractivity contribution is 0.261. The zero-order valence-corrected chi connectivity index (χ0v) is 12.0. The Labute approximate surface area is 113 Å². The van der Waals surface area contributed by atoms with Crippen LogP contribution in [0.4, 0.5) is 0 Å². The van der Waals surface area contributed by atoms with Crippen molar-refractivity contribution in [3.8, 4) is 11.5 Å². The van der Waals surface area contributed by atoms with Gasteiger partial charge in [-0.15, -0.1) is 11.8 Å². The minimum atomic E-state index is 0.397. The Hall–Kier alpha value is -0.870. The first-order valence-corrected chi connectivity index (χ1v) is 7.44. The molecule has 3 nitrogen and oxygen atoms in total. The highest BCUT2D eigenvalue weighted by Crippen LogP contribution is 2.38. The summed E-state index contributed by atoms with van der Waals surface area (Å²) < 4.78 is 10.9. The number of rotatable bonds is 5. The molecule has 0 radical (unpaired) electrons. The molecule has 0 spiro atoms. The Morgan fingerprint density at radius 1 is 1.22 bits per heavy atom. The Balaban J connectivity index is 2.21. The summed E-state index contributed by atoms with van der Waals surface area (Å²) in [4.78, 5) is 1.11. The number of ether oxygens (including phenoxy) is 2. The summed E-state index contributed by atoms with van der Waals surface area (Å²) >= 11 is 1.67. The molecule has 1 aromatic carbocycles. The third-order valence-electron chi connectivity index (χ3n) is 3.57. The second kappa shape index (κ2) is 5.85. The summed E-state index contributed by atoms with van der Waals surface area (Å²) in [6, 6.07) is 4.57. The smallest absolute Gasteiger partial charge is 0.132 e. The molecule has 0 aliphatic heterocycles. The van der Waals surface area contributed by atoms with Crippen LogP contribution in [0.15, 0.2) is 17.0 Å². The number of hydrogen-bond donors (Lipinski definition) is 1. The maximum atomic E-state index is 5.84. The van der Waals surface area contributed by atoms with Crippen molar-refractivity contribution < 1.29 is 9.47 Å². The normalized spacial score (nSPS) is 22.4. The van der Waals surface area contributed by atoms with Gasteiger partial charge < -0.3 is 15.2 Å². The van der Waals surface area contributed by atoms with Crippen molar-refractivity contribution >= 4 is 11.8 Å². The first kappa shape index (κ1) is 13.6. The number of nitrogens with two attached hydrogens (primary N) is 1. The van der Waals surface area contributed by atoms with Crippen molar-refractivity contribution in [3.63, 3.8) is 0 Å². The molecule has 1 aliphatic carbocycles. The maximum Gasteiger partial charge on any atom is 0.132 e. The molecular formula is C14H21NO2S. The standard InChI is InChI=1S/C14H21NO2S/c1-16-12-8-14(18-3)13(17-2)7-10(12)4-9-5-11(15)6-9/h7-9,11H,4-6,15H2,1-3H3. The molecule has 2 N–H and O–H groups in total. The van der Waals surface area contributed by atoms with Gasteiger partial charge in [-0.2, -0.15) is 0 Å². The van der Waals surface area contributed by atoms with E-state index in [0.29, 0.717) is 12.0 Å². The van der Waals surface area contributed by atoms with E-state index in [1.165, 1.54) is 5.56 Å². The van der Waals surface area contributed by atoms with Crippen LogP contribution >= 0.6 is 11.8 Å². The van der Waals surface area contributed by atoms with E-state index < -0.39 is 0 Å². The van der Waals surface area contributed by atoms with E-state index in [2.05, 4.69) is 12.1 Å². The summed E-state index contributed by atoms with van der Waals surface area (Å²) in [6.07, 6.45) is 5.31. The van der Waals surface area contributed by atoms with Crippen molar-refractivity contribution in [2.45, 2.75) is 30.2 Å². The molecule has 0 bridgehead atoms. The fourth-order valence-corrected chi connectivity index (χ4v) is 3.09. The molecule has 0 heterocycles. The number of thioether (sulfide) groups is 1. The van der Waals surface area contributed by atoms with Crippen LogP contribution in [0.3, 0.4) is 0 Å². The van der Waals surface area contributed by atoms with Crippen LogP contribution in [-0.2, 0) is 6.42 Å². The summed E-state index contributed by atoms with van der Waals surface area (Å²) in [6.45, 7) is 0. The third-order valence-corrected chi connectivity index (χ3v) is 4.33. The average Bonchev–Trinajstić information content (AvgIpc) is 2.36. The van der Waals surface area contributed by atoms with E-state index in [1.54, 1.807) is 26.0 Å². The zero-order valence-electron chi connectivity index (χ0n) is 11.2. The predicted molar refractivity (Wildman–Crippen MR) is 75.7 cm³/mol. The van der Waals surface area contributed by atoms with Gasteiger partial charge in [0.05, 0.1) is 19.1 Å². The van der Waals surface area contributed by atoms with Crippen molar-refractivity contribution in [2.75, 3.05) is 20.5 Å². The molecule has 0 saturated heterocycles. The Kier molecular flexibility index (Phi) is 4.40. The molecule has 1 aliphatic rings. The van der Waals surface area contributed by atoms with Gasteiger partial charge in [0.15, 0.2) is 0 Å². The second-order valence-electron chi connectivity index (χ2n) is 4.82. The second-order valence-corrected chi connectivity index (χ2v) is 5.67. The van der Waals surface area contributed by atoms with E-state index in [9.17, 15) is 0 Å². The first-order valence-electron chi connectivity index (χ1n) is 6.22. The van der Waals surface area contributed by atoms with Gasteiger partial charge >= 0.3 is 0 Å². The van der Waals surface area contributed by atoms with Gasteiger partial charge in [-0.3, -0.25) is 0 Å². The van der Waals surface area contributed by atoms with Gasteiger partial charge in [-0.1, -0.05) is 0 Å². The number of benzene rings is 1. The summed E-state index contributed by atoms with van der Waals surface area (Å²) in [5.41, 5.74) is 7.06.